The minimum atomic E-state index is -0.471. The molecule has 0 bridgehead atoms. The zero-order valence-corrected chi connectivity index (χ0v) is 14.3. The molecule has 1 aromatic carbocycles. The summed E-state index contributed by atoms with van der Waals surface area (Å²) in [6, 6.07) is 4.28. The zero-order valence-electron chi connectivity index (χ0n) is 12.7. The smallest absolute Gasteiger partial charge is 0.261 e. The number of benzene rings is 1. The molecule has 1 aromatic heterocycles. The molecule has 0 saturated carbocycles. The Balaban J connectivity index is 1.79. The molecule has 2 heterocycles. The van der Waals surface area contributed by atoms with Crippen molar-refractivity contribution < 1.29 is 14.7 Å². The van der Waals surface area contributed by atoms with Gasteiger partial charge < -0.3 is 10.4 Å². The molecule has 24 heavy (non-hydrogen) atoms. The van der Waals surface area contributed by atoms with E-state index in [1.165, 1.54) is 34.4 Å². The molecule has 2 aromatic rings. The highest BCUT2D eigenvalue weighted by atomic mass is 32.2. The van der Waals surface area contributed by atoms with Crippen molar-refractivity contribution >= 4 is 45.7 Å². The number of hydrogen-bond acceptors (Lipinski definition) is 6. The quantitative estimate of drug-likeness (QED) is 0.575. The second kappa shape index (κ2) is 7.06. The molecule has 3 rings (SSSR count). The van der Waals surface area contributed by atoms with Crippen molar-refractivity contribution in [2.24, 2.45) is 0 Å². The van der Waals surface area contributed by atoms with Crippen LogP contribution in [0.4, 0.5) is 10.8 Å². The number of phenols is 1. The Kier molecular flexibility index (Phi) is 4.86. The van der Waals surface area contributed by atoms with E-state index in [-0.39, 0.29) is 11.3 Å². The number of hydrogen-bond donors (Lipinski definition) is 3. The van der Waals surface area contributed by atoms with Gasteiger partial charge in [0, 0.05) is 16.3 Å². The molecular formula is C16H15N3O3S2. The molecule has 0 spiro atoms. The highest BCUT2D eigenvalue weighted by Gasteiger charge is 2.19. The number of anilines is 2. The first-order valence-corrected chi connectivity index (χ1v) is 9.18. The third-order valence-corrected chi connectivity index (χ3v) is 5.59. The summed E-state index contributed by atoms with van der Waals surface area (Å²) in [5, 5.41) is 15.7. The van der Waals surface area contributed by atoms with Crippen molar-refractivity contribution in [3.8, 4) is 5.75 Å². The predicted molar refractivity (Wildman–Crippen MR) is 96.9 cm³/mol. The van der Waals surface area contributed by atoms with Crippen molar-refractivity contribution in [3.05, 3.63) is 47.0 Å². The van der Waals surface area contributed by atoms with E-state index in [9.17, 15) is 14.7 Å². The first kappa shape index (κ1) is 16.5. The molecule has 0 saturated heterocycles. The standard InChI is InChI=1S/C16H15N3O3S2/c1-2-14(21)17-9-3-4-12(20)10(7-9)15(22)19-16-18-11-5-6-23-8-13(11)24-16/h2-4,7,20H,1,5-6,8H2,(H,17,21)(H,18,19,22). The van der Waals surface area contributed by atoms with Crippen molar-refractivity contribution in [1.82, 2.24) is 4.98 Å². The number of aromatic nitrogens is 1. The number of thiazole rings is 1. The molecule has 0 unspecified atom stereocenters. The summed E-state index contributed by atoms with van der Waals surface area (Å²) < 4.78 is 0. The number of rotatable bonds is 4. The molecule has 6 nitrogen and oxygen atoms in total. The lowest BCUT2D eigenvalue weighted by Gasteiger charge is -2.08. The number of amides is 2. The van der Waals surface area contributed by atoms with Crippen LogP contribution >= 0.6 is 23.1 Å². The maximum Gasteiger partial charge on any atom is 0.261 e. The third-order valence-electron chi connectivity index (χ3n) is 3.41. The molecule has 0 aliphatic carbocycles. The molecule has 0 radical (unpaired) electrons. The van der Waals surface area contributed by atoms with Gasteiger partial charge in [0.05, 0.1) is 11.3 Å². The highest BCUT2D eigenvalue weighted by molar-refractivity contribution is 7.98. The molecule has 3 N–H and O–H groups in total. The summed E-state index contributed by atoms with van der Waals surface area (Å²) in [6.45, 7) is 3.37. The number of carbonyl (C=O) groups excluding carboxylic acids is 2. The first-order chi connectivity index (χ1) is 11.6. The summed E-state index contributed by atoms with van der Waals surface area (Å²) in [7, 11) is 0. The fraction of sp³-hybridized carbons (Fsp3) is 0.188. The minimum Gasteiger partial charge on any atom is -0.507 e. The van der Waals surface area contributed by atoms with Crippen LogP contribution in [0.25, 0.3) is 0 Å². The second-order valence-corrected chi connectivity index (χ2v) is 7.26. The summed E-state index contributed by atoms with van der Waals surface area (Å²) >= 11 is 3.30. The van der Waals surface area contributed by atoms with Gasteiger partial charge in [0.2, 0.25) is 5.91 Å². The lowest BCUT2D eigenvalue weighted by atomic mass is 10.1. The van der Waals surface area contributed by atoms with Gasteiger partial charge in [-0.1, -0.05) is 6.58 Å². The van der Waals surface area contributed by atoms with Crippen LogP contribution in [-0.2, 0) is 17.0 Å². The van der Waals surface area contributed by atoms with Crippen LogP contribution in [0.5, 0.6) is 5.75 Å². The number of thioether (sulfide) groups is 1. The molecule has 0 atom stereocenters. The Labute approximate surface area is 147 Å². The summed E-state index contributed by atoms with van der Waals surface area (Å²) in [4.78, 5) is 29.4. The summed E-state index contributed by atoms with van der Waals surface area (Å²) in [5.74, 6) is 0.923. The van der Waals surface area contributed by atoms with Gasteiger partial charge in [0.1, 0.15) is 5.75 Å². The summed E-state index contributed by atoms with van der Waals surface area (Å²) in [6.07, 6.45) is 2.03. The number of carbonyl (C=O) groups is 2. The Bertz CT molecular complexity index is 793. The summed E-state index contributed by atoms with van der Waals surface area (Å²) in [5.41, 5.74) is 1.50. The molecule has 1 aliphatic heterocycles. The molecule has 124 valence electrons. The highest BCUT2D eigenvalue weighted by Crippen LogP contribution is 2.32. The fourth-order valence-electron chi connectivity index (χ4n) is 2.23. The third kappa shape index (κ3) is 3.60. The van der Waals surface area contributed by atoms with Crippen LogP contribution in [-0.4, -0.2) is 27.7 Å². The van der Waals surface area contributed by atoms with Gasteiger partial charge in [0.15, 0.2) is 5.13 Å². The van der Waals surface area contributed by atoms with Gasteiger partial charge in [-0.3, -0.25) is 14.9 Å². The molecule has 0 fully saturated rings. The average molecular weight is 361 g/mol. The number of fused-ring (bicyclic) bond motifs is 1. The van der Waals surface area contributed by atoms with E-state index >= 15 is 0 Å². The van der Waals surface area contributed by atoms with Crippen LogP contribution in [0, 0.1) is 0 Å². The van der Waals surface area contributed by atoms with E-state index in [0.29, 0.717) is 10.8 Å². The SMILES string of the molecule is C=CC(=O)Nc1ccc(O)c(C(=O)Nc2nc3c(s2)CSCC3)c1. The van der Waals surface area contributed by atoms with Crippen LogP contribution in [0.1, 0.15) is 20.9 Å². The van der Waals surface area contributed by atoms with E-state index in [0.717, 1.165) is 29.7 Å². The van der Waals surface area contributed by atoms with Crippen molar-refractivity contribution in [1.29, 1.82) is 0 Å². The van der Waals surface area contributed by atoms with Gasteiger partial charge >= 0.3 is 0 Å². The van der Waals surface area contributed by atoms with E-state index in [4.69, 9.17) is 0 Å². The average Bonchev–Trinajstić information content (AvgIpc) is 2.98. The normalized spacial score (nSPS) is 13.0. The van der Waals surface area contributed by atoms with Crippen LogP contribution < -0.4 is 10.6 Å². The molecule has 2 amide bonds. The number of nitrogens with one attached hydrogen (secondary N) is 2. The van der Waals surface area contributed by atoms with Gasteiger partial charge in [-0.25, -0.2) is 4.98 Å². The molecule has 8 heteroatoms. The predicted octanol–water partition coefficient (Wildman–Crippen LogP) is 3.01. The van der Waals surface area contributed by atoms with Gasteiger partial charge in [-0.2, -0.15) is 11.8 Å². The van der Waals surface area contributed by atoms with E-state index in [1.54, 1.807) is 0 Å². The van der Waals surface area contributed by atoms with Crippen LogP contribution in [0.15, 0.2) is 30.9 Å². The fourth-order valence-corrected chi connectivity index (χ4v) is 4.35. The monoisotopic (exact) mass is 361 g/mol. The first-order valence-electron chi connectivity index (χ1n) is 7.21. The Hall–Kier alpha value is -2.32. The molecular weight excluding hydrogens is 346 g/mol. The zero-order chi connectivity index (χ0) is 17.1. The lowest BCUT2D eigenvalue weighted by Crippen LogP contribution is -2.13. The minimum absolute atomic E-state index is 0.0689. The Morgan fingerprint density at radius 1 is 1.33 bits per heavy atom. The van der Waals surface area contributed by atoms with Gasteiger partial charge in [-0.05, 0) is 36.4 Å². The van der Waals surface area contributed by atoms with Gasteiger partial charge in [-0.15, -0.1) is 11.3 Å². The second-order valence-electron chi connectivity index (χ2n) is 5.07. The number of aryl methyl sites for hydroxylation is 1. The van der Waals surface area contributed by atoms with Crippen molar-refractivity contribution in [2.75, 3.05) is 16.4 Å². The maximum atomic E-state index is 12.4. The van der Waals surface area contributed by atoms with Crippen molar-refractivity contribution in [3.63, 3.8) is 0 Å². The van der Waals surface area contributed by atoms with Crippen LogP contribution in [0.3, 0.4) is 0 Å². The van der Waals surface area contributed by atoms with Crippen LogP contribution in [0.2, 0.25) is 0 Å². The number of nitrogens with zero attached hydrogens (tertiary/aromatic N) is 1. The van der Waals surface area contributed by atoms with E-state index in [1.807, 2.05) is 11.8 Å². The van der Waals surface area contributed by atoms with E-state index in [2.05, 4.69) is 22.2 Å². The topological polar surface area (TPSA) is 91.3 Å². The largest absolute Gasteiger partial charge is 0.507 e. The number of phenolic OH excluding ortho intramolecular Hbond substituents is 1. The lowest BCUT2D eigenvalue weighted by molar-refractivity contribution is -0.111. The van der Waals surface area contributed by atoms with Crippen molar-refractivity contribution in [2.45, 2.75) is 12.2 Å². The number of aromatic hydroxyl groups is 1. The maximum absolute atomic E-state index is 12.4. The Morgan fingerprint density at radius 3 is 2.92 bits per heavy atom. The van der Waals surface area contributed by atoms with E-state index < -0.39 is 11.8 Å². The Morgan fingerprint density at radius 2 is 2.17 bits per heavy atom. The molecule has 1 aliphatic rings. The van der Waals surface area contributed by atoms with Gasteiger partial charge in [0.25, 0.3) is 5.91 Å².